The summed E-state index contributed by atoms with van der Waals surface area (Å²) >= 11 is 0. The second kappa shape index (κ2) is 8.14. The van der Waals surface area contributed by atoms with Crippen LogP contribution in [0.15, 0.2) is 29.3 Å². The first-order chi connectivity index (χ1) is 13.7. The molecular formula is C19H17F5N4O. The minimum absolute atomic E-state index is 0.201. The molecule has 0 aliphatic carbocycles. The van der Waals surface area contributed by atoms with Gasteiger partial charge in [0.05, 0.1) is 23.1 Å². The molecule has 154 valence electrons. The normalized spacial score (nSPS) is 12.7. The van der Waals surface area contributed by atoms with Gasteiger partial charge in [-0.15, -0.1) is 0 Å². The van der Waals surface area contributed by atoms with Crippen molar-refractivity contribution in [1.29, 1.82) is 0 Å². The van der Waals surface area contributed by atoms with Gasteiger partial charge in [0.25, 0.3) is 12.0 Å². The molecular weight excluding hydrogens is 395 g/mol. The number of pyridine rings is 1. The number of hydrogen-bond donors (Lipinski definition) is 1. The van der Waals surface area contributed by atoms with Crippen LogP contribution >= 0.6 is 0 Å². The molecule has 0 fully saturated rings. The van der Waals surface area contributed by atoms with E-state index in [1.165, 1.54) is 0 Å². The molecule has 29 heavy (non-hydrogen) atoms. The Balaban J connectivity index is 2.11. The molecule has 2 aromatic heterocycles. The Bertz CT molecular complexity index is 1120. The van der Waals surface area contributed by atoms with Gasteiger partial charge in [0.1, 0.15) is 23.6 Å². The van der Waals surface area contributed by atoms with Crippen LogP contribution in [0.4, 0.5) is 27.8 Å². The second-order valence-electron chi connectivity index (χ2n) is 6.53. The van der Waals surface area contributed by atoms with E-state index >= 15 is 0 Å². The van der Waals surface area contributed by atoms with Crippen molar-refractivity contribution in [2.45, 2.75) is 38.9 Å². The molecule has 2 N–H and O–H groups in total. The van der Waals surface area contributed by atoms with Crippen LogP contribution in [0.25, 0.3) is 22.2 Å². The van der Waals surface area contributed by atoms with Crippen molar-refractivity contribution in [2.24, 2.45) is 0 Å². The highest BCUT2D eigenvalue weighted by Gasteiger charge is 2.19. The third kappa shape index (κ3) is 4.06. The molecule has 1 atom stereocenters. The Morgan fingerprint density at radius 2 is 1.86 bits per heavy atom. The Hall–Kier alpha value is -3.04. The highest BCUT2D eigenvalue weighted by molar-refractivity contribution is 5.86. The molecule has 3 rings (SSSR count). The highest BCUT2D eigenvalue weighted by atomic mass is 19.3. The van der Waals surface area contributed by atoms with E-state index in [9.17, 15) is 26.7 Å². The summed E-state index contributed by atoms with van der Waals surface area (Å²) in [6.45, 7) is 1.42. The summed E-state index contributed by atoms with van der Waals surface area (Å²) in [7, 11) is 0. The van der Waals surface area contributed by atoms with E-state index in [0.29, 0.717) is 6.42 Å². The lowest BCUT2D eigenvalue weighted by atomic mass is 10.1. The number of rotatable bonds is 6. The van der Waals surface area contributed by atoms with Gasteiger partial charge in [-0.1, -0.05) is 13.3 Å². The van der Waals surface area contributed by atoms with E-state index in [0.717, 1.165) is 29.1 Å². The SMILES string of the molecule is CCCC(F)Cn1cc(F)c2cc(-c3ncc(C(F)F)c(N)n3)c(F)cc2c1=O. The van der Waals surface area contributed by atoms with Crippen molar-refractivity contribution in [3.8, 4) is 11.4 Å². The van der Waals surface area contributed by atoms with Gasteiger partial charge in [-0.2, -0.15) is 0 Å². The fourth-order valence-corrected chi connectivity index (χ4v) is 2.99. The minimum atomic E-state index is -2.91. The van der Waals surface area contributed by atoms with Gasteiger partial charge in [-0.05, 0) is 18.6 Å². The maximum atomic E-state index is 14.6. The Morgan fingerprint density at radius 3 is 2.48 bits per heavy atom. The number of halogens is 5. The number of hydrogen-bond acceptors (Lipinski definition) is 4. The first kappa shape index (κ1) is 20.7. The number of benzene rings is 1. The van der Waals surface area contributed by atoms with E-state index in [1.54, 1.807) is 6.92 Å². The molecule has 1 unspecified atom stereocenters. The number of aromatic nitrogens is 3. The lowest BCUT2D eigenvalue weighted by molar-refractivity contribution is 0.151. The Labute approximate surface area is 162 Å². The zero-order valence-electron chi connectivity index (χ0n) is 15.3. The largest absolute Gasteiger partial charge is 0.383 e. The van der Waals surface area contributed by atoms with Crippen LogP contribution in [0.3, 0.4) is 0 Å². The van der Waals surface area contributed by atoms with Gasteiger partial charge in [0.15, 0.2) is 5.82 Å². The summed E-state index contributed by atoms with van der Waals surface area (Å²) < 4.78 is 69.5. The summed E-state index contributed by atoms with van der Waals surface area (Å²) in [5, 5.41) is -0.513. The molecule has 1 aromatic carbocycles. The Morgan fingerprint density at radius 1 is 1.14 bits per heavy atom. The lowest BCUT2D eigenvalue weighted by Crippen LogP contribution is -2.25. The molecule has 0 aliphatic rings. The zero-order chi connectivity index (χ0) is 21.3. The molecule has 0 amide bonds. The van der Waals surface area contributed by atoms with E-state index in [4.69, 9.17) is 5.73 Å². The molecule has 5 nitrogen and oxygen atoms in total. The quantitative estimate of drug-likeness (QED) is 0.610. The molecule has 0 radical (unpaired) electrons. The van der Waals surface area contributed by atoms with Gasteiger partial charge in [-0.3, -0.25) is 4.79 Å². The zero-order valence-corrected chi connectivity index (χ0v) is 15.3. The first-order valence-electron chi connectivity index (χ1n) is 8.80. The summed E-state index contributed by atoms with van der Waals surface area (Å²) in [5.74, 6) is -2.71. The maximum absolute atomic E-state index is 14.6. The standard InChI is InChI=1S/C19H17F5N4O/c1-2-3-9(20)7-28-8-15(22)10-4-12(14(21)5-11(10)19(28)29)18-26-6-13(16(23)24)17(25)27-18/h4-6,8-9,16H,2-3,7H2,1H3,(H2,25,26,27). The minimum Gasteiger partial charge on any atom is -0.383 e. The second-order valence-corrected chi connectivity index (χ2v) is 6.53. The van der Waals surface area contributed by atoms with Gasteiger partial charge >= 0.3 is 0 Å². The van der Waals surface area contributed by atoms with Gasteiger partial charge in [-0.25, -0.2) is 31.9 Å². The maximum Gasteiger partial charge on any atom is 0.268 e. The fourth-order valence-electron chi connectivity index (χ4n) is 2.99. The van der Waals surface area contributed by atoms with Crippen molar-refractivity contribution in [2.75, 3.05) is 5.73 Å². The number of fused-ring (bicyclic) bond motifs is 1. The van der Waals surface area contributed by atoms with Gasteiger partial charge < -0.3 is 10.3 Å². The summed E-state index contributed by atoms with van der Waals surface area (Å²) in [5.41, 5.74) is 3.78. The van der Waals surface area contributed by atoms with Crippen molar-refractivity contribution in [1.82, 2.24) is 14.5 Å². The summed E-state index contributed by atoms with van der Waals surface area (Å²) in [4.78, 5) is 19.8. The van der Waals surface area contributed by atoms with Crippen LogP contribution in [0.5, 0.6) is 0 Å². The van der Waals surface area contributed by atoms with Gasteiger partial charge in [0.2, 0.25) is 0 Å². The van der Waals surface area contributed by atoms with Crippen molar-refractivity contribution in [3.05, 3.63) is 52.1 Å². The van der Waals surface area contributed by atoms with E-state index in [1.807, 2.05) is 0 Å². The fraction of sp³-hybridized carbons (Fsp3) is 0.316. The monoisotopic (exact) mass is 412 g/mol. The molecule has 0 aliphatic heterocycles. The molecule has 2 heterocycles. The average Bonchev–Trinajstić information content (AvgIpc) is 2.65. The number of nitrogens with two attached hydrogens (primary N) is 1. The van der Waals surface area contributed by atoms with Crippen molar-refractivity contribution >= 4 is 16.6 Å². The predicted molar refractivity (Wildman–Crippen MR) is 98.3 cm³/mol. The molecule has 0 bridgehead atoms. The molecule has 0 saturated heterocycles. The molecule has 3 aromatic rings. The van der Waals surface area contributed by atoms with Crippen molar-refractivity contribution < 1.29 is 22.0 Å². The van der Waals surface area contributed by atoms with E-state index in [-0.39, 0.29) is 35.1 Å². The first-order valence-corrected chi connectivity index (χ1v) is 8.80. The number of nitrogen functional groups attached to an aromatic ring is 1. The van der Waals surface area contributed by atoms with Crippen LogP contribution in [0, 0.1) is 11.6 Å². The van der Waals surface area contributed by atoms with Crippen LogP contribution in [-0.4, -0.2) is 20.7 Å². The third-order valence-corrected chi connectivity index (χ3v) is 4.45. The van der Waals surface area contributed by atoms with Crippen LogP contribution in [0.2, 0.25) is 0 Å². The predicted octanol–water partition coefficient (Wildman–Crippen LogP) is 4.39. The van der Waals surface area contributed by atoms with Crippen LogP contribution in [-0.2, 0) is 6.54 Å². The van der Waals surface area contributed by atoms with Crippen LogP contribution < -0.4 is 11.3 Å². The van der Waals surface area contributed by atoms with Crippen molar-refractivity contribution in [3.63, 3.8) is 0 Å². The van der Waals surface area contributed by atoms with Crippen LogP contribution in [0.1, 0.15) is 31.8 Å². The van der Waals surface area contributed by atoms with Gasteiger partial charge in [0, 0.05) is 17.8 Å². The Kier molecular flexibility index (Phi) is 5.81. The molecule has 0 saturated carbocycles. The number of nitrogens with zero attached hydrogens (tertiary/aromatic N) is 3. The molecule has 0 spiro atoms. The topological polar surface area (TPSA) is 73.8 Å². The smallest absolute Gasteiger partial charge is 0.268 e. The van der Waals surface area contributed by atoms with E-state index < -0.39 is 41.2 Å². The molecule has 10 heteroatoms. The summed E-state index contributed by atoms with van der Waals surface area (Å²) in [6.07, 6.45) is -1.89. The average molecular weight is 412 g/mol. The number of alkyl halides is 3. The van der Waals surface area contributed by atoms with E-state index in [2.05, 4.69) is 9.97 Å². The third-order valence-electron chi connectivity index (χ3n) is 4.45. The lowest BCUT2D eigenvalue weighted by Gasteiger charge is -2.12. The number of anilines is 1. The summed E-state index contributed by atoms with van der Waals surface area (Å²) in [6, 6.07) is 1.79. The highest BCUT2D eigenvalue weighted by Crippen LogP contribution is 2.29.